The number of nitrogens with one attached hydrogen (secondary N) is 1. The SMILES string of the molecule is CCCNCC1CCCOC1c1ccccc1Cl. The molecular formula is C15H22ClNO. The van der Waals surface area contributed by atoms with E-state index in [1.807, 2.05) is 18.2 Å². The average molecular weight is 268 g/mol. The van der Waals surface area contributed by atoms with Crippen molar-refractivity contribution < 1.29 is 4.74 Å². The largest absolute Gasteiger partial charge is 0.373 e. The van der Waals surface area contributed by atoms with Crippen LogP contribution in [0.1, 0.15) is 37.9 Å². The van der Waals surface area contributed by atoms with Crippen molar-refractivity contribution >= 4 is 11.6 Å². The summed E-state index contributed by atoms with van der Waals surface area (Å²) in [6.07, 6.45) is 3.69. The Labute approximate surface area is 115 Å². The normalized spacial score (nSPS) is 24.1. The van der Waals surface area contributed by atoms with Gasteiger partial charge in [0.05, 0.1) is 6.10 Å². The first-order chi connectivity index (χ1) is 8.83. The van der Waals surface area contributed by atoms with E-state index in [1.54, 1.807) is 0 Å². The second-order valence-corrected chi connectivity index (χ2v) is 5.33. The second kappa shape index (κ2) is 7.13. The predicted molar refractivity (Wildman–Crippen MR) is 76.0 cm³/mol. The van der Waals surface area contributed by atoms with E-state index in [0.717, 1.165) is 36.7 Å². The molecule has 1 heterocycles. The summed E-state index contributed by atoms with van der Waals surface area (Å²) < 4.78 is 5.96. The van der Waals surface area contributed by atoms with Crippen LogP contribution in [0.2, 0.25) is 5.02 Å². The smallest absolute Gasteiger partial charge is 0.0879 e. The van der Waals surface area contributed by atoms with Gasteiger partial charge in [-0.15, -0.1) is 0 Å². The van der Waals surface area contributed by atoms with Gasteiger partial charge in [0.2, 0.25) is 0 Å². The molecule has 100 valence electrons. The molecule has 1 aromatic carbocycles. The zero-order valence-corrected chi connectivity index (χ0v) is 11.7. The van der Waals surface area contributed by atoms with Crippen LogP contribution in [0.4, 0.5) is 0 Å². The monoisotopic (exact) mass is 267 g/mol. The molecule has 0 aromatic heterocycles. The van der Waals surface area contributed by atoms with Crippen LogP contribution in [-0.2, 0) is 4.74 Å². The molecule has 0 aliphatic carbocycles. The van der Waals surface area contributed by atoms with Crippen molar-refractivity contribution in [1.29, 1.82) is 0 Å². The average Bonchev–Trinajstić information content (AvgIpc) is 2.40. The van der Waals surface area contributed by atoms with Gasteiger partial charge in [-0.2, -0.15) is 0 Å². The van der Waals surface area contributed by atoms with E-state index in [2.05, 4.69) is 18.3 Å². The highest BCUT2D eigenvalue weighted by atomic mass is 35.5. The summed E-state index contributed by atoms with van der Waals surface area (Å²) in [7, 11) is 0. The number of ether oxygens (including phenoxy) is 1. The van der Waals surface area contributed by atoms with Crippen molar-refractivity contribution in [2.45, 2.75) is 32.3 Å². The van der Waals surface area contributed by atoms with Gasteiger partial charge in [-0.3, -0.25) is 0 Å². The lowest BCUT2D eigenvalue weighted by Crippen LogP contribution is -2.32. The maximum atomic E-state index is 6.28. The minimum Gasteiger partial charge on any atom is -0.373 e. The third-order valence-electron chi connectivity index (χ3n) is 3.49. The van der Waals surface area contributed by atoms with Crippen LogP contribution < -0.4 is 5.32 Å². The molecule has 1 aliphatic heterocycles. The Balaban J connectivity index is 2.05. The van der Waals surface area contributed by atoms with Gasteiger partial charge in [0.15, 0.2) is 0 Å². The molecule has 2 nitrogen and oxygen atoms in total. The summed E-state index contributed by atoms with van der Waals surface area (Å²) in [6, 6.07) is 8.05. The molecule has 2 unspecified atom stereocenters. The third kappa shape index (κ3) is 3.47. The minimum atomic E-state index is 0.150. The molecule has 1 fully saturated rings. The summed E-state index contributed by atoms with van der Waals surface area (Å²) >= 11 is 6.28. The lowest BCUT2D eigenvalue weighted by Gasteiger charge is -2.32. The number of benzene rings is 1. The fraction of sp³-hybridized carbons (Fsp3) is 0.600. The lowest BCUT2D eigenvalue weighted by atomic mass is 9.89. The fourth-order valence-electron chi connectivity index (χ4n) is 2.57. The number of halogens is 1. The van der Waals surface area contributed by atoms with E-state index >= 15 is 0 Å². The van der Waals surface area contributed by atoms with Gasteiger partial charge >= 0.3 is 0 Å². The van der Waals surface area contributed by atoms with Gasteiger partial charge in [-0.1, -0.05) is 36.7 Å². The maximum Gasteiger partial charge on any atom is 0.0879 e. The molecule has 3 heteroatoms. The topological polar surface area (TPSA) is 21.3 Å². The standard InChI is InChI=1S/C15H22ClNO/c1-2-9-17-11-12-6-5-10-18-15(12)13-7-3-4-8-14(13)16/h3-4,7-8,12,15,17H,2,5-6,9-11H2,1H3. The first-order valence-electron chi connectivity index (χ1n) is 6.89. The van der Waals surface area contributed by atoms with E-state index in [4.69, 9.17) is 16.3 Å². The fourth-order valence-corrected chi connectivity index (χ4v) is 2.81. The van der Waals surface area contributed by atoms with Crippen molar-refractivity contribution in [3.8, 4) is 0 Å². The Kier molecular flexibility index (Phi) is 5.48. The number of rotatable bonds is 5. The second-order valence-electron chi connectivity index (χ2n) is 4.92. The molecule has 0 amide bonds. The van der Waals surface area contributed by atoms with Crippen LogP contribution >= 0.6 is 11.6 Å². The van der Waals surface area contributed by atoms with Crippen LogP contribution in [0, 0.1) is 5.92 Å². The Morgan fingerprint density at radius 2 is 2.22 bits per heavy atom. The molecule has 1 aromatic rings. The van der Waals surface area contributed by atoms with Gasteiger partial charge in [0.25, 0.3) is 0 Å². The van der Waals surface area contributed by atoms with Crippen molar-refractivity contribution in [2.75, 3.05) is 19.7 Å². The predicted octanol–water partition coefficient (Wildman–Crippen LogP) is 3.81. The molecule has 1 N–H and O–H groups in total. The van der Waals surface area contributed by atoms with Crippen molar-refractivity contribution in [3.05, 3.63) is 34.9 Å². The molecule has 0 bridgehead atoms. The van der Waals surface area contributed by atoms with E-state index in [9.17, 15) is 0 Å². The van der Waals surface area contributed by atoms with E-state index in [1.165, 1.54) is 12.8 Å². The van der Waals surface area contributed by atoms with Gasteiger partial charge in [0.1, 0.15) is 0 Å². The van der Waals surface area contributed by atoms with Gasteiger partial charge < -0.3 is 10.1 Å². The molecule has 0 saturated carbocycles. The molecule has 2 atom stereocenters. The highest BCUT2D eigenvalue weighted by Gasteiger charge is 2.28. The molecule has 1 aliphatic rings. The van der Waals surface area contributed by atoms with Gasteiger partial charge in [-0.05, 0) is 37.4 Å². The molecular weight excluding hydrogens is 246 g/mol. The zero-order valence-electron chi connectivity index (χ0n) is 11.0. The Bertz CT molecular complexity index is 369. The van der Waals surface area contributed by atoms with Crippen LogP contribution in [0.25, 0.3) is 0 Å². The Morgan fingerprint density at radius 3 is 3.00 bits per heavy atom. The summed E-state index contributed by atoms with van der Waals surface area (Å²) in [5.74, 6) is 0.533. The summed E-state index contributed by atoms with van der Waals surface area (Å²) in [5.41, 5.74) is 1.14. The van der Waals surface area contributed by atoms with Gasteiger partial charge in [-0.25, -0.2) is 0 Å². The van der Waals surface area contributed by atoms with Crippen molar-refractivity contribution in [2.24, 2.45) is 5.92 Å². The highest BCUT2D eigenvalue weighted by molar-refractivity contribution is 6.31. The first-order valence-corrected chi connectivity index (χ1v) is 7.27. The Hall–Kier alpha value is -0.570. The Morgan fingerprint density at radius 1 is 1.39 bits per heavy atom. The molecule has 1 saturated heterocycles. The molecule has 0 radical (unpaired) electrons. The van der Waals surface area contributed by atoms with E-state index in [-0.39, 0.29) is 6.10 Å². The zero-order chi connectivity index (χ0) is 12.8. The third-order valence-corrected chi connectivity index (χ3v) is 3.83. The van der Waals surface area contributed by atoms with Crippen LogP contribution in [-0.4, -0.2) is 19.7 Å². The van der Waals surface area contributed by atoms with E-state index in [0.29, 0.717) is 5.92 Å². The summed E-state index contributed by atoms with van der Waals surface area (Å²) in [4.78, 5) is 0. The highest BCUT2D eigenvalue weighted by Crippen LogP contribution is 2.36. The maximum absolute atomic E-state index is 6.28. The van der Waals surface area contributed by atoms with Crippen LogP contribution in [0.3, 0.4) is 0 Å². The van der Waals surface area contributed by atoms with Crippen LogP contribution in [0.15, 0.2) is 24.3 Å². The van der Waals surface area contributed by atoms with Gasteiger partial charge in [0, 0.05) is 24.1 Å². The van der Waals surface area contributed by atoms with Crippen molar-refractivity contribution in [3.63, 3.8) is 0 Å². The van der Waals surface area contributed by atoms with Crippen molar-refractivity contribution in [1.82, 2.24) is 5.32 Å². The lowest BCUT2D eigenvalue weighted by molar-refractivity contribution is -0.0276. The van der Waals surface area contributed by atoms with E-state index < -0.39 is 0 Å². The molecule has 2 rings (SSSR count). The number of hydrogen-bond donors (Lipinski definition) is 1. The molecule has 18 heavy (non-hydrogen) atoms. The quantitative estimate of drug-likeness (QED) is 0.820. The summed E-state index contributed by atoms with van der Waals surface area (Å²) in [6.45, 7) is 5.13. The molecule has 0 spiro atoms. The summed E-state index contributed by atoms with van der Waals surface area (Å²) in [5, 5.41) is 4.32. The first kappa shape index (κ1) is 13.9. The van der Waals surface area contributed by atoms with Crippen LogP contribution in [0.5, 0.6) is 0 Å². The number of hydrogen-bond acceptors (Lipinski definition) is 2. The minimum absolute atomic E-state index is 0.150.